The fraction of sp³-hybridized carbons (Fsp3) is 0. The van der Waals surface area contributed by atoms with E-state index in [4.69, 9.17) is 0 Å². The molecule has 0 aliphatic rings. The van der Waals surface area contributed by atoms with E-state index in [-0.39, 0.29) is 15.6 Å². The maximum absolute atomic E-state index is 13.0. The molecule has 136 valence electrons. The van der Waals surface area contributed by atoms with Gasteiger partial charge in [-0.3, -0.25) is 15.5 Å². The quantitative estimate of drug-likeness (QED) is 0.313. The highest BCUT2D eigenvalue weighted by Gasteiger charge is 2.24. The Labute approximate surface area is 156 Å². The van der Waals surface area contributed by atoms with Crippen molar-refractivity contribution < 1.29 is 13.3 Å². The molecule has 0 fully saturated rings. The summed E-state index contributed by atoms with van der Waals surface area (Å²) in [5.74, 6) is 0. The van der Waals surface area contributed by atoms with Crippen LogP contribution in [-0.4, -0.2) is 18.4 Å². The van der Waals surface area contributed by atoms with Gasteiger partial charge in [0.05, 0.1) is 15.5 Å². The van der Waals surface area contributed by atoms with Crippen molar-refractivity contribution in [1.29, 1.82) is 0 Å². The molecule has 0 saturated carbocycles. The number of benzene rings is 3. The lowest BCUT2D eigenvalue weighted by molar-refractivity contribution is -0.384. The molecule has 0 amide bonds. The Kier molecular flexibility index (Phi) is 5.28. The number of nitro groups is 1. The highest BCUT2D eigenvalue weighted by Crippen LogP contribution is 2.19. The summed E-state index contributed by atoms with van der Waals surface area (Å²) in [5.41, 5.74) is 3.46. The SMILES string of the molecule is O=[N+]([O-])c1ccc(N/N=C(\c2ccccc2)S(=O)(=O)c2ccccc2)cc1. The van der Waals surface area contributed by atoms with Gasteiger partial charge in [-0.25, -0.2) is 8.42 Å². The summed E-state index contributed by atoms with van der Waals surface area (Å²) < 4.78 is 26.1. The van der Waals surface area contributed by atoms with Crippen molar-refractivity contribution in [2.45, 2.75) is 4.90 Å². The van der Waals surface area contributed by atoms with Crippen LogP contribution in [0, 0.1) is 10.1 Å². The van der Waals surface area contributed by atoms with Crippen molar-refractivity contribution in [2.24, 2.45) is 5.10 Å². The van der Waals surface area contributed by atoms with Gasteiger partial charge >= 0.3 is 0 Å². The zero-order valence-corrected chi connectivity index (χ0v) is 14.8. The van der Waals surface area contributed by atoms with Crippen molar-refractivity contribution in [2.75, 3.05) is 5.43 Å². The van der Waals surface area contributed by atoms with E-state index in [1.165, 1.54) is 36.4 Å². The lowest BCUT2D eigenvalue weighted by atomic mass is 10.2. The first-order chi connectivity index (χ1) is 13.0. The molecule has 8 heteroatoms. The summed E-state index contributed by atoms with van der Waals surface area (Å²) in [6.07, 6.45) is 0. The van der Waals surface area contributed by atoms with Crippen LogP contribution < -0.4 is 5.43 Å². The molecule has 0 atom stereocenters. The highest BCUT2D eigenvalue weighted by atomic mass is 32.2. The Morgan fingerprint density at radius 3 is 1.96 bits per heavy atom. The third kappa shape index (κ3) is 4.18. The van der Waals surface area contributed by atoms with Gasteiger partial charge in [0.25, 0.3) is 5.69 Å². The summed E-state index contributed by atoms with van der Waals surface area (Å²) in [7, 11) is -3.87. The molecule has 0 aliphatic heterocycles. The molecule has 0 radical (unpaired) electrons. The molecule has 0 saturated heterocycles. The third-order valence-electron chi connectivity index (χ3n) is 3.69. The van der Waals surface area contributed by atoms with E-state index >= 15 is 0 Å². The van der Waals surface area contributed by atoms with Crippen LogP contribution in [0.5, 0.6) is 0 Å². The lowest BCUT2D eigenvalue weighted by Gasteiger charge is -2.09. The van der Waals surface area contributed by atoms with Crippen LogP contribution in [0.15, 0.2) is 94.9 Å². The van der Waals surface area contributed by atoms with E-state index in [1.54, 1.807) is 48.5 Å². The van der Waals surface area contributed by atoms with E-state index in [2.05, 4.69) is 10.5 Å². The topological polar surface area (TPSA) is 102 Å². The van der Waals surface area contributed by atoms with E-state index in [0.29, 0.717) is 11.3 Å². The first-order valence-electron chi connectivity index (χ1n) is 7.92. The van der Waals surface area contributed by atoms with Gasteiger partial charge < -0.3 is 0 Å². The molecule has 3 aromatic rings. The second-order valence-electron chi connectivity index (χ2n) is 5.52. The molecule has 1 N–H and O–H groups in total. The summed E-state index contributed by atoms with van der Waals surface area (Å²) in [4.78, 5) is 10.3. The van der Waals surface area contributed by atoms with Crippen molar-refractivity contribution in [3.05, 3.63) is 101 Å². The molecule has 27 heavy (non-hydrogen) atoms. The zero-order chi connectivity index (χ0) is 19.3. The number of anilines is 1. The largest absolute Gasteiger partial charge is 0.277 e. The summed E-state index contributed by atoms with van der Waals surface area (Å²) in [5, 5.41) is 14.7. The predicted molar refractivity (Wildman–Crippen MR) is 103 cm³/mol. The third-order valence-corrected chi connectivity index (χ3v) is 5.42. The fourth-order valence-corrected chi connectivity index (χ4v) is 3.70. The molecular formula is C19H15N3O4S. The first-order valence-corrected chi connectivity index (χ1v) is 9.40. The Morgan fingerprint density at radius 1 is 0.852 bits per heavy atom. The van der Waals surface area contributed by atoms with Crippen molar-refractivity contribution >= 4 is 26.3 Å². The van der Waals surface area contributed by atoms with Gasteiger partial charge in [-0.15, -0.1) is 0 Å². The van der Waals surface area contributed by atoms with Gasteiger partial charge in [0.15, 0.2) is 5.04 Å². The van der Waals surface area contributed by atoms with Gasteiger partial charge in [-0.1, -0.05) is 48.5 Å². The number of hydrogen-bond donors (Lipinski definition) is 1. The summed E-state index contributed by atoms with van der Waals surface area (Å²) in [6.45, 7) is 0. The van der Waals surface area contributed by atoms with E-state index < -0.39 is 14.8 Å². The minimum absolute atomic E-state index is 0.0651. The maximum Gasteiger partial charge on any atom is 0.269 e. The minimum Gasteiger partial charge on any atom is -0.277 e. The van der Waals surface area contributed by atoms with Crippen LogP contribution in [0.25, 0.3) is 0 Å². The summed E-state index contributed by atoms with van der Waals surface area (Å²) >= 11 is 0. The normalized spacial score (nSPS) is 11.8. The van der Waals surface area contributed by atoms with Crippen LogP contribution >= 0.6 is 0 Å². The second kappa shape index (κ2) is 7.79. The maximum atomic E-state index is 13.0. The van der Waals surface area contributed by atoms with Crippen LogP contribution in [0.3, 0.4) is 0 Å². The minimum atomic E-state index is -3.87. The Hall–Kier alpha value is -3.52. The molecule has 0 aromatic heterocycles. The molecule has 7 nitrogen and oxygen atoms in total. The monoisotopic (exact) mass is 381 g/mol. The fourth-order valence-electron chi connectivity index (χ4n) is 2.34. The Morgan fingerprint density at radius 2 is 1.41 bits per heavy atom. The molecule has 3 aromatic carbocycles. The molecule has 0 unspecified atom stereocenters. The molecular weight excluding hydrogens is 366 g/mol. The average Bonchev–Trinajstić information content (AvgIpc) is 2.70. The summed E-state index contributed by atoms with van der Waals surface area (Å²) in [6, 6.07) is 22.1. The number of sulfone groups is 1. The smallest absolute Gasteiger partial charge is 0.269 e. The molecule has 0 heterocycles. The van der Waals surface area contributed by atoms with Gasteiger partial charge in [0.2, 0.25) is 9.84 Å². The number of hydrogen-bond acceptors (Lipinski definition) is 6. The van der Waals surface area contributed by atoms with Gasteiger partial charge in [0.1, 0.15) is 0 Å². The van der Waals surface area contributed by atoms with Crippen molar-refractivity contribution in [3.63, 3.8) is 0 Å². The van der Waals surface area contributed by atoms with Crippen LogP contribution in [0.2, 0.25) is 0 Å². The highest BCUT2D eigenvalue weighted by molar-refractivity contribution is 8.07. The van der Waals surface area contributed by atoms with E-state index in [9.17, 15) is 18.5 Å². The van der Waals surface area contributed by atoms with Crippen molar-refractivity contribution in [3.8, 4) is 0 Å². The lowest BCUT2D eigenvalue weighted by Crippen LogP contribution is -2.18. The number of nitrogens with one attached hydrogen (secondary N) is 1. The van der Waals surface area contributed by atoms with Crippen LogP contribution in [0.1, 0.15) is 5.56 Å². The molecule has 0 bridgehead atoms. The number of hydrazone groups is 1. The van der Waals surface area contributed by atoms with E-state index in [1.807, 2.05) is 0 Å². The number of non-ortho nitro benzene ring substituents is 1. The predicted octanol–water partition coefficient (Wildman–Crippen LogP) is 3.84. The standard InChI is InChI=1S/C19H15N3O4S/c23-22(24)17-13-11-16(12-14-17)20-21-19(15-7-3-1-4-8-15)27(25,26)18-9-5-2-6-10-18/h1-14,20H/b21-19+. The zero-order valence-electron chi connectivity index (χ0n) is 14.0. The Bertz CT molecular complexity index is 1060. The first kappa shape index (κ1) is 18.3. The molecule has 3 rings (SSSR count). The Balaban J connectivity index is 2.00. The number of nitro benzene ring substituents is 1. The van der Waals surface area contributed by atoms with Crippen molar-refractivity contribution in [1.82, 2.24) is 0 Å². The van der Waals surface area contributed by atoms with Gasteiger partial charge in [-0.05, 0) is 24.3 Å². The van der Waals surface area contributed by atoms with Gasteiger partial charge in [0, 0.05) is 17.7 Å². The van der Waals surface area contributed by atoms with Crippen LogP contribution in [-0.2, 0) is 9.84 Å². The van der Waals surface area contributed by atoms with E-state index in [0.717, 1.165) is 0 Å². The second-order valence-corrected chi connectivity index (χ2v) is 7.38. The number of rotatable bonds is 5. The molecule has 0 aliphatic carbocycles. The molecule has 0 spiro atoms. The average molecular weight is 381 g/mol. The number of nitrogens with zero attached hydrogens (tertiary/aromatic N) is 2. The van der Waals surface area contributed by atoms with Crippen LogP contribution in [0.4, 0.5) is 11.4 Å². The van der Waals surface area contributed by atoms with Gasteiger partial charge in [-0.2, -0.15) is 5.10 Å².